The second-order valence-corrected chi connectivity index (χ2v) is 11.0. The fourth-order valence-corrected chi connectivity index (χ4v) is 6.70. The highest BCUT2D eigenvalue weighted by molar-refractivity contribution is 6.46. The topological polar surface area (TPSA) is 73.8 Å². The molecule has 8 rings (SSSR count). The quantitative estimate of drug-likeness (QED) is 0.108. The van der Waals surface area contributed by atoms with E-state index >= 15 is 0 Å². The number of phenols is 3. The number of furan rings is 1. The Balaban J connectivity index is 1.56. The number of hydrogen-bond acceptors (Lipinski definition) is 4. The van der Waals surface area contributed by atoms with Crippen molar-refractivity contribution < 1.29 is 19.7 Å². The van der Waals surface area contributed by atoms with Gasteiger partial charge in [-0.15, -0.1) is 0 Å². The van der Waals surface area contributed by atoms with Crippen LogP contribution in [0.1, 0.15) is 0 Å². The Hall–Kier alpha value is -5.35. The molecule has 0 fully saturated rings. The number of hydrogen-bond donors (Lipinski definition) is 3. The lowest BCUT2D eigenvalue weighted by atomic mass is 9.76. The lowest BCUT2D eigenvalue weighted by Crippen LogP contribution is -2.18. The minimum atomic E-state index is -0.313. The maximum atomic E-state index is 11.3. The molecule has 42 heavy (non-hydrogen) atoms. The van der Waals surface area contributed by atoms with Gasteiger partial charge in [-0.05, 0) is 72.6 Å². The van der Waals surface area contributed by atoms with Crippen LogP contribution in [0.3, 0.4) is 0 Å². The van der Waals surface area contributed by atoms with Gasteiger partial charge >= 0.3 is 0 Å². The number of fused-ring (bicyclic) bond motifs is 6. The molecule has 0 bridgehead atoms. The van der Waals surface area contributed by atoms with Crippen LogP contribution < -0.4 is 10.9 Å². The maximum Gasteiger partial charge on any atom is 0.164 e. The Morgan fingerprint density at radius 3 is 1.67 bits per heavy atom. The molecule has 0 unspecified atom stereocenters. The molecule has 0 aliphatic rings. The first-order valence-corrected chi connectivity index (χ1v) is 14.0. The smallest absolute Gasteiger partial charge is 0.164 e. The van der Waals surface area contributed by atoms with E-state index in [9.17, 15) is 15.3 Å². The Morgan fingerprint density at radius 1 is 0.452 bits per heavy atom. The summed E-state index contributed by atoms with van der Waals surface area (Å²) in [4.78, 5) is 0. The maximum absolute atomic E-state index is 11.3. The summed E-state index contributed by atoms with van der Waals surface area (Å²) >= 11 is 0. The standard InChI is InChI=1S/C36H24B2O4/c37-32-31(34(39)36(41)33(38)35(32)40)30-22-12-5-3-10-20(22)28(21-11-4-6-13-23(21)30)24-14-7-15-26-29(24)25-16-18-8-1-2-9-19(18)17-27(25)42-26/h1-17,39-41H,37-38H2. The second-order valence-electron chi connectivity index (χ2n) is 11.0. The van der Waals surface area contributed by atoms with E-state index in [4.69, 9.17) is 4.42 Å². The average Bonchev–Trinajstić information content (AvgIpc) is 3.39. The zero-order chi connectivity index (χ0) is 28.7. The number of benzene rings is 7. The summed E-state index contributed by atoms with van der Waals surface area (Å²) in [7, 11) is 3.37. The summed E-state index contributed by atoms with van der Waals surface area (Å²) in [5.41, 5.74) is 5.73. The van der Waals surface area contributed by atoms with Gasteiger partial charge in [0.1, 0.15) is 32.6 Å². The van der Waals surface area contributed by atoms with Crippen LogP contribution >= 0.6 is 0 Å². The van der Waals surface area contributed by atoms with E-state index in [0.29, 0.717) is 11.0 Å². The monoisotopic (exact) mass is 542 g/mol. The van der Waals surface area contributed by atoms with Gasteiger partial charge in [-0.3, -0.25) is 0 Å². The largest absolute Gasteiger partial charge is 0.509 e. The average molecular weight is 542 g/mol. The van der Waals surface area contributed by atoms with Gasteiger partial charge in [-0.25, -0.2) is 0 Å². The van der Waals surface area contributed by atoms with E-state index in [1.807, 2.05) is 54.6 Å². The van der Waals surface area contributed by atoms with Gasteiger partial charge in [-0.2, -0.15) is 0 Å². The Kier molecular flexibility index (Phi) is 5.14. The van der Waals surface area contributed by atoms with E-state index in [1.54, 1.807) is 15.7 Å². The lowest BCUT2D eigenvalue weighted by molar-refractivity contribution is 0.404. The summed E-state index contributed by atoms with van der Waals surface area (Å²) in [6, 6.07) is 35.1. The van der Waals surface area contributed by atoms with Crippen molar-refractivity contribution in [1.82, 2.24) is 0 Å². The van der Waals surface area contributed by atoms with Crippen LogP contribution in [0.15, 0.2) is 108 Å². The Morgan fingerprint density at radius 2 is 1.02 bits per heavy atom. The van der Waals surface area contributed by atoms with Crippen molar-refractivity contribution in [3.63, 3.8) is 0 Å². The zero-order valence-corrected chi connectivity index (χ0v) is 23.1. The third-order valence-corrected chi connectivity index (χ3v) is 8.72. The molecule has 1 aromatic heterocycles. The van der Waals surface area contributed by atoms with Gasteiger partial charge in [0.05, 0.1) is 0 Å². The van der Waals surface area contributed by atoms with Gasteiger partial charge in [0.25, 0.3) is 0 Å². The molecule has 0 aliphatic heterocycles. The number of phenolic OH excluding ortho intramolecular Hbond substituents is 3. The van der Waals surface area contributed by atoms with Crippen molar-refractivity contribution in [1.29, 1.82) is 0 Å². The van der Waals surface area contributed by atoms with Gasteiger partial charge in [0.15, 0.2) is 11.5 Å². The van der Waals surface area contributed by atoms with Crippen molar-refractivity contribution >= 4 is 80.9 Å². The van der Waals surface area contributed by atoms with E-state index in [0.717, 1.165) is 70.9 Å². The fourth-order valence-electron chi connectivity index (χ4n) is 6.70. The van der Waals surface area contributed by atoms with E-state index in [-0.39, 0.29) is 22.7 Å². The van der Waals surface area contributed by atoms with Crippen LogP contribution in [0, 0.1) is 0 Å². The van der Waals surface area contributed by atoms with Crippen LogP contribution in [0.5, 0.6) is 17.2 Å². The normalized spacial score (nSPS) is 11.8. The molecule has 198 valence electrons. The summed E-state index contributed by atoms with van der Waals surface area (Å²) < 4.78 is 6.42. The highest BCUT2D eigenvalue weighted by Crippen LogP contribution is 2.49. The van der Waals surface area contributed by atoms with Crippen molar-refractivity contribution in [3.8, 4) is 39.5 Å². The summed E-state index contributed by atoms with van der Waals surface area (Å²) in [5, 5.41) is 41.2. The molecule has 4 nitrogen and oxygen atoms in total. The van der Waals surface area contributed by atoms with E-state index in [1.165, 1.54) is 0 Å². The van der Waals surface area contributed by atoms with Gasteiger partial charge in [-0.1, -0.05) is 84.9 Å². The molecule has 0 radical (unpaired) electrons. The van der Waals surface area contributed by atoms with Gasteiger partial charge < -0.3 is 19.7 Å². The first-order valence-electron chi connectivity index (χ1n) is 14.0. The predicted molar refractivity (Wildman–Crippen MR) is 178 cm³/mol. The summed E-state index contributed by atoms with van der Waals surface area (Å²) in [5.74, 6) is -0.577. The summed E-state index contributed by atoms with van der Waals surface area (Å²) in [6.07, 6.45) is 0. The minimum Gasteiger partial charge on any atom is -0.509 e. The van der Waals surface area contributed by atoms with Crippen molar-refractivity contribution in [2.45, 2.75) is 0 Å². The van der Waals surface area contributed by atoms with E-state index in [2.05, 4.69) is 48.5 Å². The zero-order valence-electron chi connectivity index (χ0n) is 23.1. The third kappa shape index (κ3) is 3.26. The van der Waals surface area contributed by atoms with Crippen molar-refractivity contribution in [2.75, 3.05) is 0 Å². The lowest BCUT2D eigenvalue weighted by Gasteiger charge is -2.21. The van der Waals surface area contributed by atoms with Crippen molar-refractivity contribution in [2.24, 2.45) is 0 Å². The SMILES string of the molecule is Bc1c(O)c(B)c(-c2c3ccccc3c(-c3cccc4oc5cc6ccccc6cc5c34)c3ccccc23)c(O)c1O. The van der Waals surface area contributed by atoms with Gasteiger partial charge in [0, 0.05) is 21.9 Å². The molecular weight excluding hydrogens is 518 g/mol. The van der Waals surface area contributed by atoms with Crippen LogP contribution in [-0.2, 0) is 0 Å². The predicted octanol–water partition coefficient (Wildman–Crippen LogP) is 6.01. The molecule has 3 N–H and O–H groups in total. The number of aromatic hydroxyl groups is 3. The molecule has 6 heteroatoms. The second kappa shape index (κ2) is 8.82. The molecule has 0 saturated heterocycles. The van der Waals surface area contributed by atoms with Crippen LogP contribution in [-0.4, -0.2) is 31.0 Å². The molecule has 0 spiro atoms. The first kappa shape index (κ1) is 24.4. The first-order chi connectivity index (χ1) is 20.4. The molecule has 0 atom stereocenters. The van der Waals surface area contributed by atoms with Gasteiger partial charge in [0.2, 0.25) is 0 Å². The molecule has 1 heterocycles. The van der Waals surface area contributed by atoms with Crippen LogP contribution in [0.2, 0.25) is 0 Å². The summed E-state index contributed by atoms with van der Waals surface area (Å²) in [6.45, 7) is 0. The molecule has 0 aliphatic carbocycles. The fraction of sp³-hybridized carbons (Fsp3) is 0. The molecule has 7 aromatic carbocycles. The van der Waals surface area contributed by atoms with Crippen LogP contribution in [0.4, 0.5) is 0 Å². The molecule has 0 amide bonds. The van der Waals surface area contributed by atoms with Crippen molar-refractivity contribution in [3.05, 3.63) is 103 Å². The van der Waals surface area contributed by atoms with E-state index < -0.39 is 0 Å². The molecule has 8 aromatic rings. The third-order valence-electron chi connectivity index (χ3n) is 8.72. The highest BCUT2D eigenvalue weighted by atomic mass is 16.3. The number of rotatable bonds is 2. The molecule has 0 saturated carbocycles. The minimum absolute atomic E-state index is 0.0283. The highest BCUT2D eigenvalue weighted by Gasteiger charge is 2.25. The Bertz CT molecular complexity index is 2340. The Labute approximate surface area is 242 Å². The van der Waals surface area contributed by atoms with Crippen LogP contribution in [0.25, 0.3) is 76.5 Å². The molecular formula is C36H24B2O4.